The molecule has 0 aromatic heterocycles. The van der Waals surface area contributed by atoms with Crippen LogP contribution in [0.25, 0.3) is 0 Å². The van der Waals surface area contributed by atoms with Crippen molar-refractivity contribution in [1.29, 1.82) is 0 Å². The average Bonchev–Trinajstić information content (AvgIpc) is 2.88. The van der Waals surface area contributed by atoms with Crippen LogP contribution in [0.15, 0.2) is 35.3 Å². The number of aliphatic imine (C=N–C) groups is 1. The molecule has 0 saturated carbocycles. The lowest BCUT2D eigenvalue weighted by Gasteiger charge is -2.21. The summed E-state index contributed by atoms with van der Waals surface area (Å²) in [6, 6.07) is 10.0. The third-order valence-corrected chi connectivity index (χ3v) is 6.07. The van der Waals surface area contributed by atoms with Crippen LogP contribution in [0.5, 0.6) is 0 Å². The van der Waals surface area contributed by atoms with Crippen LogP contribution in [0, 0.1) is 0 Å². The van der Waals surface area contributed by atoms with E-state index in [9.17, 15) is 8.42 Å². The molecule has 104 valence electrons. The van der Waals surface area contributed by atoms with Crippen molar-refractivity contribution in [3.8, 4) is 0 Å². The van der Waals surface area contributed by atoms with Crippen molar-refractivity contribution in [2.24, 2.45) is 4.99 Å². The summed E-state index contributed by atoms with van der Waals surface area (Å²) in [5.74, 6) is 0.117. The molecule has 0 N–H and O–H groups in total. The molecule has 1 heterocycles. The van der Waals surface area contributed by atoms with Crippen LogP contribution < -0.4 is 0 Å². The molecule has 0 bridgehead atoms. The van der Waals surface area contributed by atoms with Gasteiger partial charge in [0.05, 0.1) is 18.8 Å². The van der Waals surface area contributed by atoms with Gasteiger partial charge in [-0.2, -0.15) is 0 Å². The van der Waals surface area contributed by atoms with E-state index in [0.717, 1.165) is 0 Å². The molecule has 1 aliphatic rings. The molecule has 1 aromatic carbocycles. The van der Waals surface area contributed by atoms with E-state index in [2.05, 4.69) is 11.9 Å². The molecule has 1 aromatic rings. The zero-order valence-electron chi connectivity index (χ0n) is 11.1. The molecular formula is C13H18N2O2S2. The third kappa shape index (κ3) is 3.30. The normalized spacial score (nSPS) is 17.4. The topological polar surface area (TPSA) is 49.7 Å². The highest BCUT2D eigenvalue weighted by Gasteiger charge is 2.29. The summed E-state index contributed by atoms with van der Waals surface area (Å²) in [6.07, 6.45) is 0. The minimum atomic E-state index is -3.19. The monoisotopic (exact) mass is 298 g/mol. The largest absolute Gasteiger partial charge is 0.260 e. The number of thioether (sulfide) groups is 1. The Hall–Kier alpha value is -1.01. The lowest BCUT2D eigenvalue weighted by atomic mass is 10.2. The zero-order chi connectivity index (χ0) is 13.9. The number of hydrogen-bond acceptors (Lipinski definition) is 4. The Kier molecular flexibility index (Phi) is 4.52. The van der Waals surface area contributed by atoms with Gasteiger partial charge in [0.15, 0.2) is 5.17 Å². The van der Waals surface area contributed by atoms with Gasteiger partial charge in [-0.15, -0.1) is 0 Å². The minimum Gasteiger partial charge on any atom is -0.260 e. The molecule has 1 aliphatic heterocycles. The molecular weight excluding hydrogens is 280 g/mol. The number of rotatable bonds is 4. The van der Waals surface area contributed by atoms with E-state index in [1.165, 1.54) is 21.6 Å². The summed E-state index contributed by atoms with van der Waals surface area (Å²) in [7, 11) is -3.19. The quantitative estimate of drug-likeness (QED) is 0.858. The van der Waals surface area contributed by atoms with Crippen LogP contribution in [0.1, 0.15) is 24.7 Å². The van der Waals surface area contributed by atoms with Crippen LogP contribution in [0.4, 0.5) is 0 Å². The van der Waals surface area contributed by atoms with E-state index >= 15 is 0 Å². The molecule has 19 heavy (non-hydrogen) atoms. The van der Waals surface area contributed by atoms with Gasteiger partial charge in [-0.05, 0) is 19.4 Å². The number of amidine groups is 1. The maximum absolute atomic E-state index is 12.0. The summed E-state index contributed by atoms with van der Waals surface area (Å²) < 4.78 is 25.4. The summed E-state index contributed by atoms with van der Waals surface area (Å²) in [4.78, 5) is 4.32. The Morgan fingerprint density at radius 2 is 2.05 bits per heavy atom. The predicted molar refractivity (Wildman–Crippen MR) is 80.9 cm³/mol. The van der Waals surface area contributed by atoms with Gasteiger partial charge in [-0.25, -0.2) is 12.7 Å². The SMILES string of the molecule is CCS(=O)(=O)N1CCN=C1S[C@H](C)c1ccccc1. The van der Waals surface area contributed by atoms with Crippen LogP contribution >= 0.6 is 11.8 Å². The van der Waals surface area contributed by atoms with Gasteiger partial charge in [0.25, 0.3) is 0 Å². The first kappa shape index (κ1) is 14.4. The van der Waals surface area contributed by atoms with E-state index in [1.54, 1.807) is 6.92 Å². The Bertz CT molecular complexity index is 555. The van der Waals surface area contributed by atoms with E-state index in [-0.39, 0.29) is 11.0 Å². The number of benzene rings is 1. The second-order valence-corrected chi connectivity index (χ2v) is 7.80. The minimum absolute atomic E-state index is 0.117. The predicted octanol–water partition coefficient (Wildman–Crippen LogP) is 2.50. The fraction of sp³-hybridized carbons (Fsp3) is 0.462. The van der Waals surface area contributed by atoms with Crippen LogP contribution in [-0.2, 0) is 10.0 Å². The van der Waals surface area contributed by atoms with E-state index < -0.39 is 10.0 Å². The van der Waals surface area contributed by atoms with Crippen LogP contribution in [0.3, 0.4) is 0 Å². The molecule has 1 atom stereocenters. The highest BCUT2D eigenvalue weighted by atomic mass is 32.2. The van der Waals surface area contributed by atoms with Crippen LogP contribution in [-0.4, -0.2) is 36.7 Å². The Balaban J connectivity index is 2.11. The number of hydrogen-bond donors (Lipinski definition) is 0. The standard InChI is InChI=1S/C13H18N2O2S2/c1-3-19(16,17)15-10-9-14-13(15)18-11(2)12-7-5-4-6-8-12/h4-8,11H,3,9-10H2,1-2H3/t11-/m1/s1. The van der Waals surface area contributed by atoms with Crippen molar-refractivity contribution in [1.82, 2.24) is 4.31 Å². The summed E-state index contributed by atoms with van der Waals surface area (Å²) in [5.41, 5.74) is 1.18. The van der Waals surface area contributed by atoms with Crippen molar-refractivity contribution >= 4 is 27.0 Å². The average molecular weight is 298 g/mol. The first-order valence-corrected chi connectivity index (χ1v) is 8.80. The first-order valence-electron chi connectivity index (χ1n) is 6.31. The molecule has 0 unspecified atom stereocenters. The zero-order valence-corrected chi connectivity index (χ0v) is 12.7. The fourth-order valence-electron chi connectivity index (χ4n) is 1.87. The van der Waals surface area contributed by atoms with Gasteiger partial charge < -0.3 is 0 Å². The van der Waals surface area contributed by atoms with Crippen molar-refractivity contribution < 1.29 is 8.42 Å². The second-order valence-electron chi connectivity index (χ2n) is 4.31. The van der Waals surface area contributed by atoms with Gasteiger partial charge in [0, 0.05) is 5.25 Å². The third-order valence-electron chi connectivity index (χ3n) is 3.02. The van der Waals surface area contributed by atoms with Crippen molar-refractivity contribution in [3.05, 3.63) is 35.9 Å². The van der Waals surface area contributed by atoms with Crippen molar-refractivity contribution in [3.63, 3.8) is 0 Å². The van der Waals surface area contributed by atoms with Gasteiger partial charge in [0.2, 0.25) is 10.0 Å². The number of nitrogens with zero attached hydrogens (tertiary/aromatic N) is 2. The lowest BCUT2D eigenvalue weighted by Crippen LogP contribution is -2.34. The summed E-state index contributed by atoms with van der Waals surface area (Å²) in [6.45, 7) is 4.76. The molecule has 6 heteroatoms. The van der Waals surface area contributed by atoms with Gasteiger partial charge in [-0.3, -0.25) is 4.99 Å². The van der Waals surface area contributed by atoms with Crippen molar-refractivity contribution in [2.75, 3.05) is 18.8 Å². The Morgan fingerprint density at radius 1 is 1.37 bits per heavy atom. The number of sulfonamides is 1. The maximum atomic E-state index is 12.0. The molecule has 0 fully saturated rings. The van der Waals surface area contributed by atoms with E-state index in [1.807, 2.05) is 30.3 Å². The molecule has 0 amide bonds. The Morgan fingerprint density at radius 3 is 2.68 bits per heavy atom. The summed E-state index contributed by atoms with van der Waals surface area (Å²) in [5, 5.41) is 0.811. The second kappa shape index (κ2) is 5.96. The molecule has 0 radical (unpaired) electrons. The lowest BCUT2D eigenvalue weighted by molar-refractivity contribution is 0.541. The molecule has 2 rings (SSSR count). The van der Waals surface area contributed by atoms with Crippen LogP contribution in [0.2, 0.25) is 0 Å². The molecule has 0 saturated heterocycles. The highest BCUT2D eigenvalue weighted by molar-refractivity contribution is 8.15. The first-order chi connectivity index (χ1) is 9.04. The van der Waals surface area contributed by atoms with Gasteiger partial charge >= 0.3 is 0 Å². The van der Waals surface area contributed by atoms with Gasteiger partial charge in [-0.1, -0.05) is 42.1 Å². The molecule has 0 spiro atoms. The van der Waals surface area contributed by atoms with Gasteiger partial charge in [0.1, 0.15) is 0 Å². The fourth-order valence-corrected chi connectivity index (χ4v) is 4.29. The van der Waals surface area contributed by atoms with E-state index in [4.69, 9.17) is 0 Å². The smallest absolute Gasteiger partial charge is 0.236 e. The summed E-state index contributed by atoms with van der Waals surface area (Å²) >= 11 is 1.51. The molecule has 0 aliphatic carbocycles. The highest BCUT2D eigenvalue weighted by Crippen LogP contribution is 2.32. The van der Waals surface area contributed by atoms with E-state index in [0.29, 0.717) is 18.3 Å². The van der Waals surface area contributed by atoms with Crippen molar-refractivity contribution in [2.45, 2.75) is 19.1 Å². The maximum Gasteiger partial charge on any atom is 0.236 e. The molecule has 4 nitrogen and oxygen atoms in total. The Labute approximate surface area is 119 Å².